The highest BCUT2D eigenvalue weighted by Crippen LogP contribution is 2.31. The topological polar surface area (TPSA) is 53.8 Å². The molecule has 0 radical (unpaired) electrons. The molecule has 0 aromatic heterocycles. The molecular weight excluding hydrogens is 240 g/mol. The monoisotopic (exact) mass is 268 g/mol. The molecule has 3 aliphatic heterocycles. The maximum absolute atomic E-state index is 6.26. The second-order valence-corrected chi connectivity index (χ2v) is 6.53. The number of likely N-dealkylation sites (tertiary alicyclic amines) is 1. The molecule has 3 aliphatic rings. The van der Waals surface area contributed by atoms with Gasteiger partial charge in [0.15, 0.2) is 0 Å². The van der Waals surface area contributed by atoms with Crippen LogP contribution in [-0.2, 0) is 4.74 Å². The molecule has 0 aromatic rings. The van der Waals surface area contributed by atoms with Crippen LogP contribution in [0.5, 0.6) is 0 Å². The van der Waals surface area contributed by atoms with Crippen LogP contribution in [0.15, 0.2) is 0 Å². The third-order valence-electron chi connectivity index (χ3n) is 5.11. The molecule has 2 atom stereocenters. The van der Waals surface area contributed by atoms with Gasteiger partial charge >= 0.3 is 0 Å². The summed E-state index contributed by atoms with van der Waals surface area (Å²) in [5.74, 6) is 0. The first-order chi connectivity index (χ1) is 9.19. The van der Waals surface area contributed by atoms with Crippen LogP contribution in [0, 0.1) is 0 Å². The van der Waals surface area contributed by atoms with Crippen LogP contribution in [0.25, 0.3) is 0 Å². The molecule has 1 spiro atoms. The van der Waals surface area contributed by atoms with Crippen LogP contribution in [0.4, 0.5) is 0 Å². The van der Waals surface area contributed by atoms with E-state index in [-0.39, 0.29) is 11.6 Å². The lowest BCUT2D eigenvalue weighted by Gasteiger charge is -2.49. The van der Waals surface area contributed by atoms with Crippen molar-refractivity contribution in [1.29, 1.82) is 0 Å². The molecule has 3 N–H and O–H groups in total. The van der Waals surface area contributed by atoms with Gasteiger partial charge in [-0.1, -0.05) is 0 Å². The van der Waals surface area contributed by atoms with Crippen molar-refractivity contribution in [2.75, 3.05) is 52.9 Å². The molecule has 5 nitrogen and oxygen atoms in total. The number of piperidine rings is 2. The third-order valence-corrected chi connectivity index (χ3v) is 5.11. The van der Waals surface area contributed by atoms with Crippen molar-refractivity contribution >= 4 is 0 Å². The predicted octanol–water partition coefficient (Wildman–Crippen LogP) is -0.528. The maximum atomic E-state index is 6.26. The fraction of sp³-hybridized carbons (Fsp3) is 1.00. The Hall–Kier alpha value is -0.200. The normalized spacial score (nSPS) is 37.6. The highest BCUT2D eigenvalue weighted by Gasteiger charge is 2.41. The van der Waals surface area contributed by atoms with Gasteiger partial charge in [0.1, 0.15) is 0 Å². The fourth-order valence-electron chi connectivity index (χ4n) is 3.92. The van der Waals surface area contributed by atoms with Gasteiger partial charge < -0.3 is 20.7 Å². The van der Waals surface area contributed by atoms with E-state index in [0.29, 0.717) is 6.04 Å². The largest absolute Gasteiger partial charge is 0.372 e. The number of nitrogens with two attached hydrogens (primary N) is 1. The number of hydrogen-bond acceptors (Lipinski definition) is 5. The van der Waals surface area contributed by atoms with Gasteiger partial charge in [-0.05, 0) is 32.9 Å². The van der Waals surface area contributed by atoms with Crippen molar-refractivity contribution < 1.29 is 4.74 Å². The van der Waals surface area contributed by atoms with E-state index in [2.05, 4.69) is 22.2 Å². The zero-order valence-electron chi connectivity index (χ0n) is 12.1. The fourth-order valence-corrected chi connectivity index (χ4v) is 3.92. The molecule has 19 heavy (non-hydrogen) atoms. The minimum Gasteiger partial charge on any atom is -0.372 e. The average Bonchev–Trinajstić information content (AvgIpc) is 2.40. The van der Waals surface area contributed by atoms with Crippen LogP contribution in [0.2, 0.25) is 0 Å². The van der Waals surface area contributed by atoms with Gasteiger partial charge in [0.25, 0.3) is 0 Å². The van der Waals surface area contributed by atoms with Crippen molar-refractivity contribution in [3.8, 4) is 0 Å². The number of likely N-dealkylation sites (N-methyl/N-ethyl adjacent to an activating group) is 1. The van der Waals surface area contributed by atoms with Gasteiger partial charge in [-0.3, -0.25) is 4.90 Å². The molecule has 3 saturated heterocycles. The molecular formula is C14H28N4O. The van der Waals surface area contributed by atoms with Gasteiger partial charge in [-0.2, -0.15) is 0 Å². The highest BCUT2D eigenvalue weighted by molar-refractivity contribution is 4.96. The van der Waals surface area contributed by atoms with Crippen LogP contribution in [0.3, 0.4) is 0 Å². The van der Waals surface area contributed by atoms with Crippen LogP contribution < -0.4 is 11.1 Å². The van der Waals surface area contributed by atoms with Crippen LogP contribution in [-0.4, -0.2) is 80.4 Å². The Morgan fingerprint density at radius 3 is 2.74 bits per heavy atom. The Bertz CT molecular complexity index is 304. The summed E-state index contributed by atoms with van der Waals surface area (Å²) in [6, 6.07) is 0.859. The number of ether oxygens (including phenoxy) is 1. The summed E-state index contributed by atoms with van der Waals surface area (Å²) in [5.41, 5.74) is 6.38. The standard InChI is InChI=1S/C14H28N4O/c1-17-8-9-19-14(11-17)3-6-18(7-4-14)13-2-5-16-10-12(13)15/h12-13,16H,2-11,15H2,1H3. The second-order valence-electron chi connectivity index (χ2n) is 6.53. The smallest absolute Gasteiger partial charge is 0.0833 e. The van der Waals surface area contributed by atoms with E-state index in [9.17, 15) is 0 Å². The molecule has 3 rings (SSSR count). The minimum absolute atomic E-state index is 0.126. The third kappa shape index (κ3) is 2.95. The average molecular weight is 268 g/mol. The number of morpholine rings is 1. The summed E-state index contributed by atoms with van der Waals surface area (Å²) in [7, 11) is 2.21. The zero-order valence-corrected chi connectivity index (χ0v) is 12.1. The Kier molecular flexibility index (Phi) is 4.10. The van der Waals surface area contributed by atoms with E-state index in [4.69, 9.17) is 10.5 Å². The van der Waals surface area contributed by atoms with Gasteiger partial charge in [0.2, 0.25) is 0 Å². The summed E-state index contributed by atoms with van der Waals surface area (Å²) in [6.45, 7) is 7.43. The van der Waals surface area contributed by atoms with E-state index >= 15 is 0 Å². The van der Waals surface area contributed by atoms with Crippen LogP contribution >= 0.6 is 0 Å². The molecule has 0 aromatic carbocycles. The molecule has 0 aliphatic carbocycles. The molecule has 2 unspecified atom stereocenters. The number of nitrogens with zero attached hydrogens (tertiary/aromatic N) is 2. The van der Waals surface area contributed by atoms with E-state index in [1.54, 1.807) is 0 Å². The number of nitrogens with one attached hydrogen (secondary N) is 1. The summed E-state index contributed by atoms with van der Waals surface area (Å²) < 4.78 is 6.13. The lowest BCUT2D eigenvalue weighted by molar-refractivity contribution is -0.135. The molecule has 0 saturated carbocycles. The van der Waals surface area contributed by atoms with E-state index in [0.717, 1.165) is 58.7 Å². The van der Waals surface area contributed by atoms with E-state index in [1.807, 2.05) is 0 Å². The first-order valence-electron chi connectivity index (χ1n) is 7.71. The van der Waals surface area contributed by atoms with Gasteiger partial charge in [0.05, 0.1) is 12.2 Å². The Labute approximate surface area is 116 Å². The molecule has 3 fully saturated rings. The molecule has 3 heterocycles. The molecule has 0 amide bonds. The summed E-state index contributed by atoms with van der Waals surface area (Å²) in [5, 5.41) is 3.38. The molecule has 5 heteroatoms. The number of rotatable bonds is 1. The summed E-state index contributed by atoms with van der Waals surface area (Å²) in [6.07, 6.45) is 3.51. The van der Waals surface area contributed by atoms with Gasteiger partial charge in [-0.15, -0.1) is 0 Å². The summed E-state index contributed by atoms with van der Waals surface area (Å²) in [4.78, 5) is 5.02. The number of hydrogen-bond donors (Lipinski definition) is 2. The first kappa shape index (κ1) is 13.8. The van der Waals surface area contributed by atoms with E-state index < -0.39 is 0 Å². The Morgan fingerprint density at radius 2 is 2.05 bits per heavy atom. The quantitative estimate of drug-likeness (QED) is 0.670. The van der Waals surface area contributed by atoms with Crippen molar-refractivity contribution in [3.63, 3.8) is 0 Å². The Morgan fingerprint density at radius 1 is 1.26 bits per heavy atom. The van der Waals surface area contributed by atoms with Crippen molar-refractivity contribution in [2.24, 2.45) is 5.73 Å². The van der Waals surface area contributed by atoms with Gasteiger partial charge in [0, 0.05) is 44.8 Å². The SMILES string of the molecule is CN1CCOC2(CCN(C3CCNCC3N)CC2)C1. The Balaban J connectivity index is 1.56. The van der Waals surface area contributed by atoms with Crippen molar-refractivity contribution in [2.45, 2.75) is 36.9 Å². The van der Waals surface area contributed by atoms with Crippen molar-refractivity contribution in [1.82, 2.24) is 15.1 Å². The zero-order chi connectivity index (χ0) is 13.3. The molecule has 110 valence electrons. The second kappa shape index (κ2) is 5.66. The maximum Gasteiger partial charge on any atom is 0.0833 e. The van der Waals surface area contributed by atoms with Gasteiger partial charge in [-0.25, -0.2) is 0 Å². The highest BCUT2D eigenvalue weighted by atomic mass is 16.5. The molecule has 0 bridgehead atoms. The summed E-state index contributed by atoms with van der Waals surface area (Å²) >= 11 is 0. The lowest BCUT2D eigenvalue weighted by atomic mass is 9.87. The van der Waals surface area contributed by atoms with Crippen LogP contribution in [0.1, 0.15) is 19.3 Å². The minimum atomic E-state index is 0.126. The lowest BCUT2D eigenvalue weighted by Crippen LogP contribution is -2.62. The van der Waals surface area contributed by atoms with E-state index in [1.165, 1.54) is 6.42 Å². The predicted molar refractivity (Wildman–Crippen MR) is 76.2 cm³/mol. The first-order valence-corrected chi connectivity index (χ1v) is 7.71. The van der Waals surface area contributed by atoms with Crippen molar-refractivity contribution in [3.05, 3.63) is 0 Å².